The SMILES string of the molecule is Cc1nc2nc(N[C@@H](C)c3cncc(F)c3)nc(C(=O)N3CC(CC(=O)C4(C)CC4)C3)c2s1. The first kappa shape index (κ1) is 21.8. The Bertz CT molecular complexity index is 1250. The van der Waals surface area contributed by atoms with Crippen molar-refractivity contribution < 1.29 is 14.0 Å². The zero-order chi connectivity index (χ0) is 23.3. The number of nitrogens with zero attached hydrogens (tertiary/aromatic N) is 5. The molecule has 3 aromatic heterocycles. The lowest BCUT2D eigenvalue weighted by molar-refractivity contribution is -0.125. The van der Waals surface area contributed by atoms with Gasteiger partial charge in [-0.15, -0.1) is 11.3 Å². The van der Waals surface area contributed by atoms with Gasteiger partial charge in [0.25, 0.3) is 5.91 Å². The number of anilines is 1. The van der Waals surface area contributed by atoms with Gasteiger partial charge in [0.05, 0.1) is 17.2 Å². The number of likely N-dealkylation sites (tertiary alicyclic amines) is 1. The summed E-state index contributed by atoms with van der Waals surface area (Å²) in [5, 5.41) is 3.93. The molecule has 2 fully saturated rings. The van der Waals surface area contributed by atoms with E-state index >= 15 is 0 Å². The van der Waals surface area contributed by atoms with Crippen LogP contribution in [0.15, 0.2) is 18.5 Å². The maximum atomic E-state index is 13.6. The van der Waals surface area contributed by atoms with Crippen molar-refractivity contribution in [1.29, 1.82) is 0 Å². The average Bonchev–Trinajstić information content (AvgIpc) is 3.38. The minimum Gasteiger partial charge on any atom is -0.348 e. The minimum atomic E-state index is -0.426. The van der Waals surface area contributed by atoms with Gasteiger partial charge in [-0.2, -0.15) is 4.98 Å². The molecule has 0 unspecified atom stereocenters. The van der Waals surface area contributed by atoms with Crippen molar-refractivity contribution in [2.24, 2.45) is 11.3 Å². The third kappa shape index (κ3) is 4.31. The number of nitrogens with one attached hydrogen (secondary N) is 1. The monoisotopic (exact) mass is 468 g/mol. The van der Waals surface area contributed by atoms with Crippen LogP contribution < -0.4 is 5.32 Å². The number of Topliss-reactive ketones (excluding diaryl/α,β-unsaturated/α-hetero) is 1. The molecule has 1 N–H and O–H groups in total. The van der Waals surface area contributed by atoms with Crippen LogP contribution in [0.2, 0.25) is 0 Å². The molecule has 1 amide bonds. The molecule has 1 saturated heterocycles. The van der Waals surface area contributed by atoms with Gasteiger partial charge in [-0.3, -0.25) is 14.6 Å². The molecule has 8 nitrogen and oxygen atoms in total. The maximum absolute atomic E-state index is 13.6. The lowest BCUT2D eigenvalue weighted by atomic mass is 9.88. The van der Waals surface area contributed by atoms with Crippen molar-refractivity contribution >= 4 is 39.3 Å². The number of fused-ring (bicyclic) bond motifs is 1. The van der Waals surface area contributed by atoms with Crippen LogP contribution in [-0.2, 0) is 4.79 Å². The Hall–Kier alpha value is -3.01. The van der Waals surface area contributed by atoms with Crippen molar-refractivity contribution in [3.63, 3.8) is 0 Å². The molecule has 1 aliphatic carbocycles. The fourth-order valence-corrected chi connectivity index (χ4v) is 4.91. The fraction of sp³-hybridized carbons (Fsp3) is 0.478. The highest BCUT2D eigenvalue weighted by molar-refractivity contribution is 7.18. The standard InChI is InChI=1S/C23H25FN6O2S/c1-12(15-7-16(24)9-25-8-15)26-22-28-18(19-20(29-22)27-13(2)33-19)21(32)30-10-14(11-30)6-17(31)23(3)4-5-23/h7-9,12,14H,4-6,10-11H2,1-3H3,(H,26,28,29)/t12-/m0/s1. The van der Waals surface area contributed by atoms with Crippen LogP contribution in [-0.4, -0.2) is 49.6 Å². The first-order valence-electron chi connectivity index (χ1n) is 11.1. The summed E-state index contributed by atoms with van der Waals surface area (Å²) in [6.45, 7) is 6.83. The van der Waals surface area contributed by atoms with Crippen LogP contribution in [0.3, 0.4) is 0 Å². The molecule has 1 aliphatic heterocycles. The molecule has 0 bridgehead atoms. The number of halogens is 1. The summed E-state index contributed by atoms with van der Waals surface area (Å²) >= 11 is 1.38. The topological polar surface area (TPSA) is 101 Å². The van der Waals surface area contributed by atoms with Gasteiger partial charge in [0.2, 0.25) is 5.95 Å². The quantitative estimate of drug-likeness (QED) is 0.561. The molecule has 0 aromatic carbocycles. The molecule has 1 saturated carbocycles. The summed E-state index contributed by atoms with van der Waals surface area (Å²) in [7, 11) is 0. The molecule has 0 radical (unpaired) electrons. The molecular weight excluding hydrogens is 443 g/mol. The summed E-state index contributed by atoms with van der Waals surface area (Å²) in [5.41, 5.74) is 1.27. The van der Waals surface area contributed by atoms with Gasteiger partial charge in [-0.25, -0.2) is 14.4 Å². The second-order valence-corrected chi connectivity index (χ2v) is 10.6. The van der Waals surface area contributed by atoms with Crippen molar-refractivity contribution in [3.8, 4) is 0 Å². The zero-order valence-electron chi connectivity index (χ0n) is 18.8. The van der Waals surface area contributed by atoms with Gasteiger partial charge < -0.3 is 10.2 Å². The van der Waals surface area contributed by atoms with Crippen molar-refractivity contribution in [2.75, 3.05) is 18.4 Å². The third-order valence-electron chi connectivity index (χ3n) is 6.53. The van der Waals surface area contributed by atoms with E-state index in [1.54, 1.807) is 11.1 Å². The number of thiazole rings is 1. The lowest BCUT2D eigenvalue weighted by Crippen LogP contribution is -2.51. The number of aromatic nitrogens is 4. The van der Waals surface area contributed by atoms with Crippen molar-refractivity contribution in [2.45, 2.75) is 46.1 Å². The van der Waals surface area contributed by atoms with E-state index in [9.17, 15) is 14.0 Å². The number of hydrogen-bond donors (Lipinski definition) is 1. The van der Waals surface area contributed by atoms with E-state index in [2.05, 4.69) is 25.3 Å². The van der Waals surface area contributed by atoms with Gasteiger partial charge in [0, 0.05) is 37.0 Å². The third-order valence-corrected chi connectivity index (χ3v) is 7.49. The summed E-state index contributed by atoms with van der Waals surface area (Å²) < 4.78 is 14.2. The van der Waals surface area contributed by atoms with Gasteiger partial charge in [-0.1, -0.05) is 6.92 Å². The number of amides is 1. The van der Waals surface area contributed by atoms with Crippen LogP contribution in [0, 0.1) is 24.1 Å². The molecule has 1 atom stereocenters. The predicted molar refractivity (Wildman–Crippen MR) is 123 cm³/mol. The van der Waals surface area contributed by atoms with Crippen LogP contribution in [0.5, 0.6) is 0 Å². The average molecular weight is 469 g/mol. The van der Waals surface area contributed by atoms with E-state index in [1.165, 1.54) is 17.4 Å². The normalized spacial score (nSPS) is 18.1. The number of aryl methyl sites for hydroxylation is 1. The van der Waals surface area contributed by atoms with E-state index in [0.29, 0.717) is 46.9 Å². The molecule has 0 spiro atoms. The molecule has 172 valence electrons. The number of carbonyl (C=O) groups excluding carboxylic acids is 2. The van der Waals surface area contributed by atoms with E-state index in [4.69, 9.17) is 0 Å². The Labute approximate surface area is 194 Å². The Morgan fingerprint density at radius 3 is 2.73 bits per heavy atom. The smallest absolute Gasteiger partial charge is 0.274 e. The van der Waals surface area contributed by atoms with Crippen LogP contribution in [0.25, 0.3) is 10.3 Å². The van der Waals surface area contributed by atoms with Gasteiger partial charge in [0.15, 0.2) is 11.3 Å². The summed E-state index contributed by atoms with van der Waals surface area (Å²) in [4.78, 5) is 44.7. The van der Waals surface area contributed by atoms with Crippen molar-refractivity contribution in [3.05, 3.63) is 40.5 Å². The number of carbonyl (C=O) groups is 2. The molecule has 4 heterocycles. The summed E-state index contributed by atoms with van der Waals surface area (Å²) in [5.74, 6) is 0.161. The van der Waals surface area contributed by atoms with Gasteiger partial charge in [-0.05, 0) is 38.3 Å². The molecular formula is C23H25FN6O2S. The minimum absolute atomic E-state index is 0.127. The highest BCUT2D eigenvalue weighted by atomic mass is 32.1. The van der Waals surface area contributed by atoms with Crippen molar-refractivity contribution in [1.82, 2.24) is 24.8 Å². The lowest BCUT2D eigenvalue weighted by Gasteiger charge is -2.39. The highest BCUT2D eigenvalue weighted by Gasteiger charge is 2.46. The number of rotatable bonds is 7. The summed E-state index contributed by atoms with van der Waals surface area (Å²) in [6, 6.07) is 1.07. The molecule has 33 heavy (non-hydrogen) atoms. The molecule has 3 aromatic rings. The zero-order valence-corrected chi connectivity index (χ0v) is 19.6. The Morgan fingerprint density at radius 2 is 2.03 bits per heavy atom. The molecule has 5 rings (SSSR count). The molecule has 10 heteroatoms. The Morgan fingerprint density at radius 1 is 1.27 bits per heavy atom. The predicted octanol–water partition coefficient (Wildman–Crippen LogP) is 3.93. The number of ketones is 1. The number of pyridine rings is 1. The highest BCUT2D eigenvalue weighted by Crippen LogP contribution is 2.47. The van der Waals surface area contributed by atoms with E-state index in [-0.39, 0.29) is 29.2 Å². The van der Waals surface area contributed by atoms with E-state index < -0.39 is 5.82 Å². The first-order chi connectivity index (χ1) is 15.7. The summed E-state index contributed by atoms with van der Waals surface area (Å²) in [6.07, 6.45) is 5.20. The Balaban J connectivity index is 1.34. The molecule has 2 aliphatic rings. The number of hydrogen-bond acceptors (Lipinski definition) is 8. The first-order valence-corrected chi connectivity index (χ1v) is 11.9. The van der Waals surface area contributed by atoms with Crippen LogP contribution in [0.1, 0.15) is 60.2 Å². The second-order valence-electron chi connectivity index (χ2n) is 9.35. The second kappa shape index (κ2) is 8.09. The maximum Gasteiger partial charge on any atom is 0.274 e. The van der Waals surface area contributed by atoms with E-state index in [0.717, 1.165) is 24.0 Å². The van der Waals surface area contributed by atoms with Gasteiger partial charge >= 0.3 is 0 Å². The van der Waals surface area contributed by atoms with Crippen LogP contribution >= 0.6 is 11.3 Å². The van der Waals surface area contributed by atoms with E-state index in [1.807, 2.05) is 20.8 Å². The largest absolute Gasteiger partial charge is 0.348 e. The van der Waals surface area contributed by atoms with Crippen LogP contribution in [0.4, 0.5) is 10.3 Å². The Kier molecular flexibility index (Phi) is 5.35. The fourth-order valence-electron chi connectivity index (χ4n) is 4.07. The van der Waals surface area contributed by atoms with Gasteiger partial charge in [0.1, 0.15) is 16.3 Å².